The van der Waals surface area contributed by atoms with Gasteiger partial charge in [0.1, 0.15) is 16.5 Å². The lowest BCUT2D eigenvalue weighted by molar-refractivity contribution is -0.385. The Kier molecular flexibility index (Phi) is 4.35. The molecule has 3 heterocycles. The van der Waals surface area contributed by atoms with Gasteiger partial charge in [0.15, 0.2) is 0 Å². The van der Waals surface area contributed by atoms with Crippen molar-refractivity contribution in [1.82, 2.24) is 14.8 Å². The number of rotatable bonds is 4. The van der Waals surface area contributed by atoms with Gasteiger partial charge in [0, 0.05) is 44.1 Å². The van der Waals surface area contributed by atoms with Gasteiger partial charge in [-0.3, -0.25) is 10.1 Å². The molecule has 2 aromatic rings. The molecular weight excluding hydrogens is 372 g/mol. The van der Waals surface area contributed by atoms with Crippen LogP contribution in [0, 0.1) is 10.1 Å². The number of fused-ring (bicyclic) bond motifs is 1. The monoisotopic (exact) mass is 392 g/mol. The zero-order valence-electron chi connectivity index (χ0n) is 14.6. The molecule has 1 fully saturated rings. The van der Waals surface area contributed by atoms with Crippen LogP contribution in [0.2, 0.25) is 0 Å². The van der Waals surface area contributed by atoms with Crippen molar-refractivity contribution in [2.45, 2.75) is 43.0 Å². The van der Waals surface area contributed by atoms with Crippen LogP contribution < -0.4 is 10.0 Å². The summed E-state index contributed by atoms with van der Waals surface area (Å²) < 4.78 is 26.2. The number of non-ortho nitro benzene ring substituents is 1. The highest BCUT2D eigenvalue weighted by molar-refractivity contribution is 7.89. The van der Waals surface area contributed by atoms with E-state index in [1.807, 2.05) is 4.90 Å². The van der Waals surface area contributed by atoms with Crippen molar-refractivity contribution in [1.29, 1.82) is 0 Å². The predicted molar refractivity (Wildman–Crippen MR) is 97.0 cm³/mol. The summed E-state index contributed by atoms with van der Waals surface area (Å²) in [5, 5.41) is 25.0. The lowest BCUT2D eigenvalue weighted by Gasteiger charge is -2.34. The van der Waals surface area contributed by atoms with E-state index in [1.54, 1.807) is 0 Å². The molecule has 0 saturated carbocycles. The van der Waals surface area contributed by atoms with E-state index < -0.39 is 14.9 Å². The van der Waals surface area contributed by atoms with Crippen LogP contribution in [-0.4, -0.2) is 41.2 Å². The van der Waals surface area contributed by atoms with E-state index in [0.29, 0.717) is 18.8 Å². The molecule has 0 aliphatic carbocycles. The van der Waals surface area contributed by atoms with Crippen molar-refractivity contribution in [3.63, 3.8) is 0 Å². The number of sulfonamides is 1. The molecule has 1 atom stereocenters. The minimum Gasteiger partial charge on any atom is -0.370 e. The topological polar surface area (TPSA) is 137 Å². The number of hydrogen-bond donors (Lipinski definition) is 1. The van der Waals surface area contributed by atoms with E-state index in [2.05, 4.69) is 14.8 Å². The molecule has 27 heavy (non-hydrogen) atoms. The number of primary sulfonamides is 1. The Morgan fingerprint density at radius 1 is 1.22 bits per heavy atom. The first-order valence-corrected chi connectivity index (χ1v) is 10.4. The largest absolute Gasteiger partial charge is 0.370 e. The first-order chi connectivity index (χ1) is 12.8. The highest BCUT2D eigenvalue weighted by Crippen LogP contribution is 2.35. The second-order valence-corrected chi connectivity index (χ2v) is 8.50. The summed E-state index contributed by atoms with van der Waals surface area (Å²) in [5.74, 6) is 2.07. The van der Waals surface area contributed by atoms with Gasteiger partial charge in [-0.15, -0.1) is 10.2 Å². The minimum atomic E-state index is -4.10. The van der Waals surface area contributed by atoms with Gasteiger partial charge in [-0.25, -0.2) is 13.6 Å². The zero-order chi connectivity index (χ0) is 19.2. The zero-order valence-corrected chi connectivity index (χ0v) is 15.4. The molecular formula is C16H20N6O4S. The molecule has 1 aromatic heterocycles. The van der Waals surface area contributed by atoms with Crippen LogP contribution >= 0.6 is 0 Å². The van der Waals surface area contributed by atoms with Crippen LogP contribution in [0.1, 0.15) is 36.8 Å². The van der Waals surface area contributed by atoms with E-state index in [-0.39, 0.29) is 16.5 Å². The van der Waals surface area contributed by atoms with Crippen molar-refractivity contribution in [2.24, 2.45) is 5.14 Å². The Hall–Kier alpha value is -2.53. The van der Waals surface area contributed by atoms with Crippen molar-refractivity contribution >= 4 is 21.4 Å². The molecule has 0 radical (unpaired) electrons. The average Bonchev–Trinajstić information content (AvgIpc) is 3.24. The Balaban J connectivity index is 1.68. The summed E-state index contributed by atoms with van der Waals surface area (Å²) in [5.41, 5.74) is 0.0978. The smallest absolute Gasteiger partial charge is 0.270 e. The number of aromatic nitrogens is 3. The third kappa shape index (κ3) is 3.28. The van der Waals surface area contributed by atoms with Gasteiger partial charge >= 0.3 is 0 Å². The number of nitrogens with zero attached hydrogens (tertiary/aromatic N) is 5. The molecule has 10 nitrogen and oxygen atoms in total. The van der Waals surface area contributed by atoms with Crippen LogP contribution in [0.15, 0.2) is 23.1 Å². The highest BCUT2D eigenvalue weighted by atomic mass is 32.2. The number of nitrogens with two attached hydrogens (primary N) is 1. The third-order valence-corrected chi connectivity index (χ3v) is 6.17. The summed E-state index contributed by atoms with van der Waals surface area (Å²) in [6, 6.07) is 3.81. The van der Waals surface area contributed by atoms with Crippen LogP contribution in [0.25, 0.3) is 0 Å². The molecule has 11 heteroatoms. The lowest BCUT2D eigenvalue weighted by atomic mass is 9.96. The summed E-state index contributed by atoms with van der Waals surface area (Å²) in [7, 11) is -4.10. The summed E-state index contributed by atoms with van der Waals surface area (Å²) in [4.78, 5) is 12.1. The SMILES string of the molecule is NS(=O)(=O)c1cc([N+](=O)[O-])ccc1N1CCCC(c2nnc3n2CCC3)C1. The number of aryl methyl sites for hydroxylation is 1. The number of nitro benzene ring substituents is 1. The van der Waals surface area contributed by atoms with Crippen molar-refractivity contribution < 1.29 is 13.3 Å². The molecule has 1 saturated heterocycles. The van der Waals surface area contributed by atoms with Gasteiger partial charge in [-0.1, -0.05) is 0 Å². The molecule has 0 spiro atoms. The number of benzene rings is 1. The molecule has 144 valence electrons. The quantitative estimate of drug-likeness (QED) is 0.609. The fraction of sp³-hybridized carbons (Fsp3) is 0.500. The highest BCUT2D eigenvalue weighted by Gasteiger charge is 2.31. The van der Waals surface area contributed by atoms with E-state index >= 15 is 0 Å². The van der Waals surface area contributed by atoms with Crippen LogP contribution in [0.4, 0.5) is 11.4 Å². The number of hydrogen-bond acceptors (Lipinski definition) is 7. The molecule has 2 N–H and O–H groups in total. The Labute approximate surface area is 156 Å². The van der Waals surface area contributed by atoms with E-state index in [0.717, 1.165) is 49.9 Å². The maximum Gasteiger partial charge on any atom is 0.270 e. The van der Waals surface area contributed by atoms with Gasteiger partial charge in [0.05, 0.1) is 10.6 Å². The van der Waals surface area contributed by atoms with Crippen LogP contribution in [-0.2, 0) is 23.0 Å². The predicted octanol–water partition coefficient (Wildman–Crippen LogP) is 1.16. The van der Waals surface area contributed by atoms with Gasteiger partial charge in [-0.05, 0) is 25.3 Å². The van der Waals surface area contributed by atoms with E-state index in [4.69, 9.17) is 5.14 Å². The molecule has 2 aliphatic rings. The lowest BCUT2D eigenvalue weighted by Crippen LogP contribution is -2.36. The van der Waals surface area contributed by atoms with Crippen molar-refractivity contribution in [3.05, 3.63) is 40.0 Å². The first kappa shape index (κ1) is 17.9. The minimum absolute atomic E-state index is 0.127. The molecule has 1 aromatic carbocycles. The summed E-state index contributed by atoms with van der Waals surface area (Å²) in [6.07, 6.45) is 3.79. The second-order valence-electron chi connectivity index (χ2n) is 6.97. The first-order valence-electron chi connectivity index (χ1n) is 8.83. The van der Waals surface area contributed by atoms with Crippen LogP contribution in [0.3, 0.4) is 0 Å². The molecule has 2 aliphatic heterocycles. The maximum atomic E-state index is 12.0. The van der Waals surface area contributed by atoms with Gasteiger partial charge < -0.3 is 9.47 Å². The molecule has 4 rings (SSSR count). The fourth-order valence-corrected chi connectivity index (χ4v) is 4.76. The maximum absolute atomic E-state index is 12.0. The Morgan fingerprint density at radius 3 is 2.78 bits per heavy atom. The van der Waals surface area contributed by atoms with Gasteiger partial charge in [0.25, 0.3) is 5.69 Å². The number of anilines is 1. The summed E-state index contributed by atoms with van der Waals surface area (Å²) in [6.45, 7) is 2.13. The Morgan fingerprint density at radius 2 is 2.04 bits per heavy atom. The van der Waals surface area contributed by atoms with E-state index in [9.17, 15) is 18.5 Å². The number of piperidine rings is 1. The normalized spacial score (nSPS) is 19.9. The van der Waals surface area contributed by atoms with E-state index in [1.165, 1.54) is 12.1 Å². The average molecular weight is 392 g/mol. The van der Waals surface area contributed by atoms with Crippen molar-refractivity contribution in [2.75, 3.05) is 18.0 Å². The van der Waals surface area contributed by atoms with Crippen molar-refractivity contribution in [3.8, 4) is 0 Å². The molecule has 1 unspecified atom stereocenters. The summed E-state index contributed by atoms with van der Waals surface area (Å²) >= 11 is 0. The third-order valence-electron chi connectivity index (χ3n) is 5.23. The molecule has 0 bridgehead atoms. The number of nitro groups is 1. The Bertz CT molecular complexity index is 1000. The van der Waals surface area contributed by atoms with Gasteiger partial charge in [0.2, 0.25) is 10.0 Å². The van der Waals surface area contributed by atoms with Crippen LogP contribution in [0.5, 0.6) is 0 Å². The fourth-order valence-electron chi connectivity index (χ4n) is 3.99. The molecule has 0 amide bonds. The van der Waals surface area contributed by atoms with Gasteiger partial charge in [-0.2, -0.15) is 0 Å². The second kappa shape index (κ2) is 6.57. The standard InChI is InChI=1S/C16H20N6O4S/c17-27(25,26)14-9-12(22(23)24)5-6-13(14)20-7-1-3-11(10-20)16-19-18-15-4-2-8-21(15)16/h5-6,9,11H,1-4,7-8,10H2,(H2,17,25,26).